The van der Waals surface area contributed by atoms with Crippen LogP contribution in [0, 0.1) is 19.8 Å². The van der Waals surface area contributed by atoms with E-state index in [1.54, 1.807) is 19.9 Å². The summed E-state index contributed by atoms with van der Waals surface area (Å²) in [5.74, 6) is 0.198. The lowest BCUT2D eigenvalue weighted by atomic mass is 10.1. The van der Waals surface area contributed by atoms with Gasteiger partial charge in [0.1, 0.15) is 4.90 Å². The topological polar surface area (TPSA) is 57.6 Å². The van der Waals surface area contributed by atoms with E-state index in [-0.39, 0.29) is 22.4 Å². The average molecular weight is 352 g/mol. The van der Waals surface area contributed by atoms with Gasteiger partial charge in [-0.2, -0.15) is 4.31 Å². The number of hydrogen-bond donors (Lipinski definition) is 1. The predicted octanol–water partition coefficient (Wildman–Crippen LogP) is 3.00. The highest BCUT2D eigenvalue weighted by atomic mass is 35.5. The molecule has 0 saturated carbocycles. The SMILES string of the molecule is Cc1cc(Cl)c(C)c(S(=O)(=O)N2CCC(CCO)C2)c1Cl. The van der Waals surface area contributed by atoms with Crippen molar-refractivity contribution in [3.8, 4) is 0 Å². The van der Waals surface area contributed by atoms with Crippen LogP contribution in [-0.2, 0) is 10.0 Å². The number of aliphatic hydroxyl groups is 1. The van der Waals surface area contributed by atoms with Crippen molar-refractivity contribution in [1.82, 2.24) is 4.31 Å². The largest absolute Gasteiger partial charge is 0.396 e. The Kier molecular flexibility index (Phi) is 5.21. The molecular weight excluding hydrogens is 333 g/mol. The second-order valence-corrected chi connectivity index (χ2v) is 8.13. The highest BCUT2D eigenvalue weighted by molar-refractivity contribution is 7.89. The van der Waals surface area contributed by atoms with Crippen molar-refractivity contribution in [2.75, 3.05) is 19.7 Å². The number of aryl methyl sites for hydroxylation is 1. The zero-order valence-electron chi connectivity index (χ0n) is 12.1. The number of halogens is 2. The van der Waals surface area contributed by atoms with Gasteiger partial charge in [0.25, 0.3) is 0 Å². The van der Waals surface area contributed by atoms with Crippen LogP contribution in [0.5, 0.6) is 0 Å². The van der Waals surface area contributed by atoms with Crippen LogP contribution in [0.3, 0.4) is 0 Å². The van der Waals surface area contributed by atoms with Gasteiger partial charge in [0.05, 0.1) is 5.02 Å². The van der Waals surface area contributed by atoms with Crippen molar-refractivity contribution in [2.45, 2.75) is 31.6 Å². The summed E-state index contributed by atoms with van der Waals surface area (Å²) in [7, 11) is -3.66. The van der Waals surface area contributed by atoms with Crippen molar-refractivity contribution in [2.24, 2.45) is 5.92 Å². The Morgan fingerprint density at radius 2 is 2.05 bits per heavy atom. The summed E-state index contributed by atoms with van der Waals surface area (Å²) >= 11 is 12.3. The van der Waals surface area contributed by atoms with Crippen molar-refractivity contribution in [3.05, 3.63) is 27.2 Å². The smallest absolute Gasteiger partial charge is 0.244 e. The van der Waals surface area contributed by atoms with E-state index in [0.717, 1.165) is 6.42 Å². The summed E-state index contributed by atoms with van der Waals surface area (Å²) < 4.78 is 27.1. The summed E-state index contributed by atoms with van der Waals surface area (Å²) in [5.41, 5.74) is 1.13. The third-order valence-corrected chi connectivity index (χ3v) is 7.00. The normalized spacial score (nSPS) is 20.1. The molecule has 0 radical (unpaired) electrons. The van der Waals surface area contributed by atoms with E-state index in [0.29, 0.717) is 35.7 Å². The molecule has 4 nitrogen and oxygen atoms in total. The Morgan fingerprint density at radius 3 is 2.67 bits per heavy atom. The van der Waals surface area contributed by atoms with Gasteiger partial charge >= 0.3 is 0 Å². The second kappa shape index (κ2) is 6.42. The fourth-order valence-electron chi connectivity index (χ4n) is 2.68. The maximum atomic E-state index is 12.9. The van der Waals surface area contributed by atoms with Crippen LogP contribution in [-0.4, -0.2) is 37.5 Å². The van der Waals surface area contributed by atoms with Crippen LogP contribution in [0.15, 0.2) is 11.0 Å². The molecule has 1 fully saturated rings. The average Bonchev–Trinajstić information content (AvgIpc) is 2.86. The van der Waals surface area contributed by atoms with Crippen molar-refractivity contribution in [1.29, 1.82) is 0 Å². The molecule has 0 aliphatic carbocycles. The Morgan fingerprint density at radius 1 is 1.38 bits per heavy atom. The molecule has 1 aliphatic rings. The lowest BCUT2D eigenvalue weighted by Gasteiger charge is -2.20. The molecule has 1 aromatic carbocycles. The van der Waals surface area contributed by atoms with Crippen LogP contribution in [0.2, 0.25) is 10.0 Å². The molecule has 0 aromatic heterocycles. The molecule has 1 atom stereocenters. The minimum atomic E-state index is -3.66. The number of aliphatic hydroxyl groups excluding tert-OH is 1. The summed E-state index contributed by atoms with van der Waals surface area (Å²) in [6, 6.07) is 1.68. The minimum Gasteiger partial charge on any atom is -0.396 e. The van der Waals surface area contributed by atoms with Crippen LogP contribution >= 0.6 is 23.2 Å². The van der Waals surface area contributed by atoms with Crippen LogP contribution in [0.1, 0.15) is 24.0 Å². The Labute approximate surface area is 135 Å². The van der Waals surface area contributed by atoms with Gasteiger partial charge in [0.2, 0.25) is 10.0 Å². The molecule has 0 spiro atoms. The molecule has 1 saturated heterocycles. The van der Waals surface area contributed by atoms with E-state index in [1.807, 2.05) is 0 Å². The second-order valence-electron chi connectivity index (χ2n) is 5.47. The molecule has 1 N–H and O–H groups in total. The quantitative estimate of drug-likeness (QED) is 0.906. The first-order valence-corrected chi connectivity index (χ1v) is 9.04. The number of hydrogen-bond acceptors (Lipinski definition) is 3. The van der Waals surface area contributed by atoms with E-state index in [2.05, 4.69) is 0 Å². The maximum absolute atomic E-state index is 12.9. The van der Waals surface area contributed by atoms with Crippen LogP contribution < -0.4 is 0 Å². The lowest BCUT2D eigenvalue weighted by Crippen LogP contribution is -2.30. The summed E-state index contributed by atoms with van der Waals surface area (Å²) in [4.78, 5) is 0.110. The molecule has 1 unspecified atom stereocenters. The molecular formula is C14H19Cl2NO3S. The van der Waals surface area contributed by atoms with E-state index in [1.165, 1.54) is 4.31 Å². The Bertz CT molecular complexity index is 620. The Balaban J connectivity index is 2.42. The van der Waals surface area contributed by atoms with Crippen molar-refractivity contribution >= 4 is 33.2 Å². The summed E-state index contributed by atoms with van der Waals surface area (Å²) in [5, 5.41) is 9.63. The first-order valence-electron chi connectivity index (χ1n) is 6.85. The van der Waals surface area contributed by atoms with E-state index >= 15 is 0 Å². The van der Waals surface area contributed by atoms with Gasteiger partial charge in [-0.15, -0.1) is 0 Å². The fourth-order valence-corrected chi connectivity index (χ4v) is 5.38. The molecule has 21 heavy (non-hydrogen) atoms. The van der Waals surface area contributed by atoms with Crippen LogP contribution in [0.25, 0.3) is 0 Å². The van der Waals surface area contributed by atoms with Gasteiger partial charge in [-0.1, -0.05) is 23.2 Å². The predicted molar refractivity (Wildman–Crippen MR) is 84.5 cm³/mol. The standard InChI is InChI=1S/C14H19Cl2NO3S/c1-9-7-12(15)10(2)14(13(9)16)21(19,20)17-5-3-11(8-17)4-6-18/h7,11,18H,3-6,8H2,1-2H3. The molecule has 2 rings (SSSR count). The van der Waals surface area contributed by atoms with Gasteiger partial charge in [-0.3, -0.25) is 0 Å². The first kappa shape index (κ1) is 17.0. The van der Waals surface area contributed by atoms with Crippen LogP contribution in [0.4, 0.5) is 0 Å². The zero-order chi connectivity index (χ0) is 15.8. The maximum Gasteiger partial charge on any atom is 0.244 e. The van der Waals surface area contributed by atoms with Crippen molar-refractivity contribution < 1.29 is 13.5 Å². The number of rotatable bonds is 4. The van der Waals surface area contributed by atoms with Gasteiger partial charge in [0, 0.05) is 24.7 Å². The van der Waals surface area contributed by atoms with Gasteiger partial charge < -0.3 is 5.11 Å². The van der Waals surface area contributed by atoms with Gasteiger partial charge in [-0.05, 0) is 49.8 Å². The van der Waals surface area contributed by atoms with E-state index in [9.17, 15) is 8.42 Å². The zero-order valence-corrected chi connectivity index (χ0v) is 14.4. The number of benzene rings is 1. The molecule has 7 heteroatoms. The summed E-state index contributed by atoms with van der Waals surface area (Å²) in [6.45, 7) is 4.36. The molecule has 1 aromatic rings. The van der Waals surface area contributed by atoms with Gasteiger partial charge in [-0.25, -0.2) is 8.42 Å². The lowest BCUT2D eigenvalue weighted by molar-refractivity contribution is 0.259. The highest BCUT2D eigenvalue weighted by Gasteiger charge is 2.35. The van der Waals surface area contributed by atoms with E-state index < -0.39 is 10.0 Å². The molecule has 0 bridgehead atoms. The first-order chi connectivity index (χ1) is 9.78. The van der Waals surface area contributed by atoms with Crippen molar-refractivity contribution in [3.63, 3.8) is 0 Å². The molecule has 0 amide bonds. The molecule has 1 heterocycles. The monoisotopic (exact) mass is 351 g/mol. The highest BCUT2D eigenvalue weighted by Crippen LogP contribution is 2.36. The van der Waals surface area contributed by atoms with E-state index in [4.69, 9.17) is 28.3 Å². The molecule has 118 valence electrons. The van der Waals surface area contributed by atoms with Gasteiger partial charge in [0.15, 0.2) is 0 Å². The fraction of sp³-hybridized carbons (Fsp3) is 0.571. The minimum absolute atomic E-state index is 0.0780. The summed E-state index contributed by atoms with van der Waals surface area (Å²) in [6.07, 6.45) is 1.38. The third kappa shape index (κ3) is 3.22. The number of nitrogens with zero attached hydrogens (tertiary/aromatic N) is 1. The Hall–Kier alpha value is -0.330. The molecule has 1 aliphatic heterocycles. The number of sulfonamides is 1. The third-order valence-electron chi connectivity index (χ3n) is 3.97.